The van der Waals surface area contributed by atoms with Crippen LogP contribution in [0.1, 0.15) is 35.5 Å². The lowest BCUT2D eigenvalue weighted by Crippen LogP contribution is -2.61. The van der Waals surface area contributed by atoms with Crippen LogP contribution in [0.2, 0.25) is 0 Å². The molecule has 0 saturated carbocycles. The molecular weight excluding hydrogens is 378 g/mol. The van der Waals surface area contributed by atoms with E-state index in [0.717, 1.165) is 46.5 Å². The van der Waals surface area contributed by atoms with Crippen LogP contribution < -0.4 is 16.0 Å². The van der Waals surface area contributed by atoms with Gasteiger partial charge in [0.05, 0.1) is 22.9 Å². The number of nitrogens with zero attached hydrogens (tertiary/aromatic N) is 5. The van der Waals surface area contributed by atoms with Gasteiger partial charge >= 0.3 is 0 Å². The standard InChI is InChI=1S/C22H25N7O/c1-13-15(9-23)6-5-7-16(13)20(24)26-21-17-8-19(29-11-22(3,12-29)30-4)25-10-18(17)14(2)27-28-21/h5-8,10,20H,11-12,24H2,1-4H3,(H,26,28)/t20-/m0/s1. The van der Waals surface area contributed by atoms with E-state index in [2.05, 4.69) is 38.4 Å². The SMILES string of the molecule is COC1(C)CN(c2cc3c(N[C@H](N)c4cccc(C#N)c4C)nnc(C)c3cn2)C1. The first-order valence-electron chi connectivity index (χ1n) is 9.80. The van der Waals surface area contributed by atoms with E-state index in [1.165, 1.54) is 0 Å². The molecule has 0 radical (unpaired) electrons. The second kappa shape index (κ2) is 7.52. The van der Waals surface area contributed by atoms with E-state index in [4.69, 9.17) is 10.5 Å². The molecule has 4 rings (SSSR count). The largest absolute Gasteiger partial charge is 0.375 e. The Bertz CT molecular complexity index is 1150. The summed E-state index contributed by atoms with van der Waals surface area (Å²) >= 11 is 0. The van der Waals surface area contributed by atoms with Crippen LogP contribution >= 0.6 is 0 Å². The Morgan fingerprint density at radius 2 is 2.03 bits per heavy atom. The van der Waals surface area contributed by atoms with Crippen LogP contribution in [0.25, 0.3) is 10.8 Å². The first-order valence-corrected chi connectivity index (χ1v) is 9.80. The van der Waals surface area contributed by atoms with Crippen molar-refractivity contribution in [2.24, 2.45) is 5.73 Å². The summed E-state index contributed by atoms with van der Waals surface area (Å²) in [7, 11) is 1.73. The molecule has 0 aliphatic carbocycles. The van der Waals surface area contributed by atoms with Gasteiger partial charge in [-0.3, -0.25) is 0 Å². The highest BCUT2D eigenvalue weighted by Crippen LogP contribution is 2.33. The molecule has 8 heteroatoms. The van der Waals surface area contributed by atoms with E-state index in [-0.39, 0.29) is 5.60 Å². The summed E-state index contributed by atoms with van der Waals surface area (Å²) in [5.74, 6) is 1.45. The van der Waals surface area contributed by atoms with Crippen molar-refractivity contribution in [1.29, 1.82) is 5.26 Å². The molecule has 1 aromatic carbocycles. The summed E-state index contributed by atoms with van der Waals surface area (Å²) in [6, 6.07) is 9.74. The van der Waals surface area contributed by atoms with Gasteiger partial charge in [0.15, 0.2) is 5.82 Å². The van der Waals surface area contributed by atoms with Gasteiger partial charge in [-0.2, -0.15) is 10.4 Å². The molecule has 154 valence electrons. The highest BCUT2D eigenvalue weighted by Gasteiger charge is 2.39. The number of ether oxygens (including phenoxy) is 1. The fourth-order valence-electron chi connectivity index (χ4n) is 3.83. The Balaban J connectivity index is 1.68. The summed E-state index contributed by atoms with van der Waals surface area (Å²) in [4.78, 5) is 6.78. The quantitative estimate of drug-likeness (QED) is 0.625. The molecule has 0 spiro atoms. The van der Waals surface area contributed by atoms with E-state index in [9.17, 15) is 5.26 Å². The molecule has 30 heavy (non-hydrogen) atoms. The molecular formula is C22H25N7O. The van der Waals surface area contributed by atoms with Crippen LogP contribution in [-0.4, -0.2) is 41.0 Å². The maximum atomic E-state index is 9.30. The molecule has 0 unspecified atom stereocenters. The Labute approximate surface area is 175 Å². The second-order valence-electron chi connectivity index (χ2n) is 7.99. The summed E-state index contributed by atoms with van der Waals surface area (Å²) in [5.41, 5.74) is 9.40. The molecule has 3 heterocycles. The number of rotatable bonds is 5. The third-order valence-corrected chi connectivity index (χ3v) is 5.83. The second-order valence-corrected chi connectivity index (χ2v) is 7.99. The van der Waals surface area contributed by atoms with Crippen LogP contribution in [-0.2, 0) is 4.74 Å². The van der Waals surface area contributed by atoms with Crippen molar-refractivity contribution in [2.45, 2.75) is 32.5 Å². The zero-order valence-electron chi connectivity index (χ0n) is 17.6. The first kappa shape index (κ1) is 20.0. The lowest BCUT2D eigenvalue weighted by molar-refractivity contribution is -0.0171. The van der Waals surface area contributed by atoms with Gasteiger partial charge in [-0.05, 0) is 44.0 Å². The van der Waals surface area contributed by atoms with E-state index in [1.54, 1.807) is 13.2 Å². The number of nitrogens with one attached hydrogen (secondary N) is 1. The van der Waals surface area contributed by atoms with Crippen LogP contribution in [0.3, 0.4) is 0 Å². The fraction of sp³-hybridized carbons (Fsp3) is 0.364. The average molecular weight is 403 g/mol. The first-order chi connectivity index (χ1) is 14.3. The Morgan fingerprint density at radius 3 is 2.73 bits per heavy atom. The van der Waals surface area contributed by atoms with Crippen molar-refractivity contribution in [3.63, 3.8) is 0 Å². The molecule has 3 aromatic rings. The lowest BCUT2D eigenvalue weighted by Gasteiger charge is -2.47. The Hall–Kier alpha value is -3.28. The third-order valence-electron chi connectivity index (χ3n) is 5.83. The topological polar surface area (TPSA) is 113 Å². The van der Waals surface area contributed by atoms with Crippen LogP contribution in [0.4, 0.5) is 11.6 Å². The van der Waals surface area contributed by atoms with Crippen molar-refractivity contribution in [3.05, 3.63) is 52.8 Å². The van der Waals surface area contributed by atoms with Gasteiger partial charge in [-0.15, -0.1) is 5.10 Å². The molecule has 1 fully saturated rings. The normalized spacial score (nSPS) is 16.1. The number of aryl methyl sites for hydroxylation is 1. The number of hydrogen-bond acceptors (Lipinski definition) is 8. The molecule has 2 aromatic heterocycles. The Morgan fingerprint density at radius 1 is 1.27 bits per heavy atom. The predicted octanol–water partition coefficient (Wildman–Crippen LogP) is 2.81. The van der Waals surface area contributed by atoms with Gasteiger partial charge in [-0.1, -0.05) is 12.1 Å². The summed E-state index contributed by atoms with van der Waals surface area (Å²) < 4.78 is 5.54. The minimum atomic E-state index is -0.532. The lowest BCUT2D eigenvalue weighted by atomic mass is 9.96. The molecule has 8 nitrogen and oxygen atoms in total. The van der Waals surface area contributed by atoms with Crippen molar-refractivity contribution in [2.75, 3.05) is 30.4 Å². The third kappa shape index (κ3) is 3.43. The number of benzene rings is 1. The number of nitriles is 1. The molecule has 1 saturated heterocycles. The van der Waals surface area contributed by atoms with Gasteiger partial charge in [-0.25, -0.2) is 4.98 Å². The number of aromatic nitrogens is 3. The van der Waals surface area contributed by atoms with Gasteiger partial charge in [0, 0.05) is 37.2 Å². The molecule has 1 atom stereocenters. The summed E-state index contributed by atoms with van der Waals surface area (Å²) in [6.45, 7) is 7.45. The minimum Gasteiger partial charge on any atom is -0.375 e. The van der Waals surface area contributed by atoms with Gasteiger partial charge in [0.25, 0.3) is 0 Å². The van der Waals surface area contributed by atoms with E-state index < -0.39 is 6.17 Å². The smallest absolute Gasteiger partial charge is 0.158 e. The number of hydrogen-bond donors (Lipinski definition) is 2. The van der Waals surface area contributed by atoms with Crippen molar-refractivity contribution >= 4 is 22.4 Å². The minimum absolute atomic E-state index is 0.143. The van der Waals surface area contributed by atoms with Crippen LogP contribution in [0.5, 0.6) is 0 Å². The predicted molar refractivity (Wildman–Crippen MR) is 116 cm³/mol. The molecule has 0 amide bonds. The van der Waals surface area contributed by atoms with Crippen molar-refractivity contribution in [1.82, 2.24) is 15.2 Å². The number of fused-ring (bicyclic) bond motifs is 1. The average Bonchev–Trinajstić information content (AvgIpc) is 2.73. The maximum absolute atomic E-state index is 9.30. The number of anilines is 2. The van der Waals surface area contributed by atoms with Gasteiger partial charge in [0.2, 0.25) is 0 Å². The van der Waals surface area contributed by atoms with Crippen LogP contribution in [0, 0.1) is 25.2 Å². The maximum Gasteiger partial charge on any atom is 0.158 e. The Kier molecular flexibility index (Phi) is 5.02. The molecule has 1 aliphatic rings. The molecule has 0 bridgehead atoms. The molecule has 3 N–H and O–H groups in total. The van der Waals surface area contributed by atoms with E-state index in [1.807, 2.05) is 38.2 Å². The number of pyridine rings is 1. The van der Waals surface area contributed by atoms with Crippen LogP contribution in [0.15, 0.2) is 30.5 Å². The summed E-state index contributed by atoms with van der Waals surface area (Å²) in [5, 5.41) is 23.0. The highest BCUT2D eigenvalue weighted by atomic mass is 16.5. The van der Waals surface area contributed by atoms with Crippen molar-refractivity contribution in [3.8, 4) is 6.07 Å². The van der Waals surface area contributed by atoms with E-state index in [0.29, 0.717) is 11.4 Å². The van der Waals surface area contributed by atoms with E-state index >= 15 is 0 Å². The van der Waals surface area contributed by atoms with Gasteiger partial charge < -0.3 is 20.7 Å². The monoisotopic (exact) mass is 403 g/mol. The van der Waals surface area contributed by atoms with Gasteiger partial charge in [0.1, 0.15) is 12.0 Å². The van der Waals surface area contributed by atoms with Crippen molar-refractivity contribution < 1.29 is 4.74 Å². The number of nitrogens with two attached hydrogens (primary N) is 1. The zero-order valence-corrected chi connectivity index (χ0v) is 17.6. The molecule has 1 aliphatic heterocycles. The zero-order chi connectivity index (χ0) is 21.5. The summed E-state index contributed by atoms with van der Waals surface area (Å²) in [6.07, 6.45) is 1.30. The highest BCUT2D eigenvalue weighted by molar-refractivity contribution is 5.94. The fourth-order valence-corrected chi connectivity index (χ4v) is 3.83. The number of methoxy groups -OCH3 is 1.